The van der Waals surface area contributed by atoms with Crippen LogP contribution in [-0.2, 0) is 0 Å². The Kier molecular flexibility index (Phi) is 4.31. The van der Waals surface area contributed by atoms with Crippen molar-refractivity contribution in [3.63, 3.8) is 0 Å². The van der Waals surface area contributed by atoms with Gasteiger partial charge in [-0.2, -0.15) is 16.7 Å². The van der Waals surface area contributed by atoms with Crippen molar-refractivity contribution >= 4 is 45.1 Å². The Bertz CT molecular complexity index is 590. The van der Waals surface area contributed by atoms with E-state index in [0.717, 1.165) is 28.5 Å². The first-order valence-corrected chi connectivity index (χ1v) is 9.09. The monoisotopic (exact) mass is 308 g/mol. The number of nitrogens with one attached hydrogen (secondary N) is 2. The summed E-state index contributed by atoms with van der Waals surface area (Å²) in [5, 5.41) is 8.02. The lowest BCUT2D eigenvalue weighted by molar-refractivity contribution is 0.664. The number of aryl methyl sites for hydroxylation is 1. The van der Waals surface area contributed by atoms with Gasteiger partial charge >= 0.3 is 0 Å². The first-order valence-electron chi connectivity index (χ1n) is 7.12. The molecular weight excluding hydrogens is 288 g/mol. The molecule has 1 aliphatic rings. The van der Waals surface area contributed by atoms with Gasteiger partial charge in [0.25, 0.3) is 0 Å². The Hall–Kier alpha value is -1.01. The number of aromatic nitrogens is 2. The van der Waals surface area contributed by atoms with Crippen LogP contribution in [-0.4, -0.2) is 34.1 Å². The first-order chi connectivity index (χ1) is 9.76. The van der Waals surface area contributed by atoms with Crippen LogP contribution >= 0.6 is 23.1 Å². The average molecular weight is 308 g/mol. The quantitative estimate of drug-likeness (QED) is 0.901. The molecule has 0 bridgehead atoms. The number of hydrogen-bond acceptors (Lipinski definition) is 6. The normalized spacial score (nSPS) is 16.5. The van der Waals surface area contributed by atoms with Crippen molar-refractivity contribution in [3.8, 4) is 0 Å². The Morgan fingerprint density at radius 3 is 2.85 bits per heavy atom. The summed E-state index contributed by atoms with van der Waals surface area (Å²) in [7, 11) is 0. The van der Waals surface area contributed by atoms with Gasteiger partial charge in [-0.1, -0.05) is 0 Å². The standard InChI is InChI=1S/C14H20N4S2/c1-3-15-14-17-12(16-10-4-6-19-7-5-10)11-8-9(2)20-13(11)18-14/h8,10H,3-7H2,1-2H3,(H2,15,16,17,18). The van der Waals surface area contributed by atoms with Crippen molar-refractivity contribution in [3.05, 3.63) is 10.9 Å². The third-order valence-corrected chi connectivity index (χ3v) is 5.41. The van der Waals surface area contributed by atoms with Crippen molar-refractivity contribution in [1.29, 1.82) is 0 Å². The van der Waals surface area contributed by atoms with E-state index in [-0.39, 0.29) is 0 Å². The van der Waals surface area contributed by atoms with Crippen LogP contribution < -0.4 is 10.6 Å². The van der Waals surface area contributed by atoms with Crippen molar-refractivity contribution in [2.24, 2.45) is 0 Å². The molecule has 0 unspecified atom stereocenters. The highest BCUT2D eigenvalue weighted by molar-refractivity contribution is 7.99. The Balaban J connectivity index is 1.93. The maximum Gasteiger partial charge on any atom is 0.226 e. The molecule has 20 heavy (non-hydrogen) atoms. The van der Waals surface area contributed by atoms with E-state index in [4.69, 9.17) is 0 Å². The van der Waals surface area contributed by atoms with E-state index >= 15 is 0 Å². The number of hydrogen-bond donors (Lipinski definition) is 2. The Morgan fingerprint density at radius 2 is 2.10 bits per heavy atom. The van der Waals surface area contributed by atoms with E-state index in [0.29, 0.717) is 6.04 Å². The molecule has 2 N–H and O–H groups in total. The lowest BCUT2D eigenvalue weighted by Gasteiger charge is -2.23. The summed E-state index contributed by atoms with van der Waals surface area (Å²) in [5.74, 6) is 4.21. The summed E-state index contributed by atoms with van der Waals surface area (Å²) in [6.07, 6.45) is 2.44. The van der Waals surface area contributed by atoms with Crippen molar-refractivity contribution in [2.75, 3.05) is 28.7 Å². The molecule has 1 saturated heterocycles. The van der Waals surface area contributed by atoms with Gasteiger partial charge in [-0.05, 0) is 44.3 Å². The molecule has 3 heterocycles. The van der Waals surface area contributed by atoms with Crippen molar-refractivity contribution < 1.29 is 0 Å². The molecular formula is C14H20N4S2. The molecule has 6 heteroatoms. The van der Waals surface area contributed by atoms with Gasteiger partial charge in [-0.15, -0.1) is 11.3 Å². The molecule has 0 atom stereocenters. The van der Waals surface area contributed by atoms with Gasteiger partial charge in [0, 0.05) is 17.5 Å². The topological polar surface area (TPSA) is 49.8 Å². The predicted octanol–water partition coefficient (Wildman–Crippen LogP) is 3.74. The molecule has 1 aliphatic heterocycles. The molecule has 0 aromatic carbocycles. The molecule has 108 valence electrons. The van der Waals surface area contributed by atoms with E-state index in [1.807, 2.05) is 11.8 Å². The summed E-state index contributed by atoms with van der Waals surface area (Å²) < 4.78 is 0. The molecule has 2 aromatic heterocycles. The largest absolute Gasteiger partial charge is 0.367 e. The molecule has 3 rings (SSSR count). The highest BCUT2D eigenvalue weighted by Gasteiger charge is 2.17. The fourth-order valence-corrected chi connectivity index (χ4v) is 4.41. The van der Waals surface area contributed by atoms with Crippen LogP contribution in [0.5, 0.6) is 0 Å². The van der Waals surface area contributed by atoms with Crippen LogP contribution in [0.4, 0.5) is 11.8 Å². The van der Waals surface area contributed by atoms with Gasteiger partial charge in [0.2, 0.25) is 5.95 Å². The van der Waals surface area contributed by atoms with E-state index in [2.05, 4.69) is 40.5 Å². The zero-order valence-electron chi connectivity index (χ0n) is 11.9. The second-order valence-electron chi connectivity index (χ2n) is 5.03. The second-order valence-corrected chi connectivity index (χ2v) is 7.49. The number of thioether (sulfide) groups is 1. The fraction of sp³-hybridized carbons (Fsp3) is 0.571. The van der Waals surface area contributed by atoms with E-state index < -0.39 is 0 Å². The number of thiophene rings is 1. The molecule has 4 nitrogen and oxygen atoms in total. The summed E-state index contributed by atoms with van der Waals surface area (Å²) in [5.41, 5.74) is 0. The third-order valence-electron chi connectivity index (χ3n) is 3.41. The Morgan fingerprint density at radius 1 is 1.30 bits per heavy atom. The number of fused-ring (bicyclic) bond motifs is 1. The van der Waals surface area contributed by atoms with E-state index in [1.165, 1.54) is 29.2 Å². The molecule has 1 fully saturated rings. The van der Waals surface area contributed by atoms with E-state index in [9.17, 15) is 0 Å². The maximum atomic E-state index is 4.66. The minimum absolute atomic E-state index is 0.545. The lowest BCUT2D eigenvalue weighted by Crippen LogP contribution is -2.25. The summed E-state index contributed by atoms with van der Waals surface area (Å²) in [6, 6.07) is 2.74. The highest BCUT2D eigenvalue weighted by atomic mass is 32.2. The number of nitrogens with zero attached hydrogens (tertiary/aromatic N) is 2. The fourth-order valence-electron chi connectivity index (χ4n) is 2.42. The zero-order valence-corrected chi connectivity index (χ0v) is 13.5. The molecule has 0 radical (unpaired) electrons. The third kappa shape index (κ3) is 3.01. The molecule has 0 amide bonds. The van der Waals surface area contributed by atoms with Gasteiger partial charge in [0.05, 0.1) is 5.39 Å². The van der Waals surface area contributed by atoms with Crippen LogP contribution in [0.15, 0.2) is 6.07 Å². The van der Waals surface area contributed by atoms with Gasteiger partial charge < -0.3 is 10.6 Å². The Labute approximate surface area is 127 Å². The van der Waals surface area contributed by atoms with Crippen LogP contribution in [0, 0.1) is 6.92 Å². The van der Waals surface area contributed by atoms with Gasteiger partial charge in [0.15, 0.2) is 0 Å². The molecule has 2 aromatic rings. The number of rotatable bonds is 4. The lowest BCUT2D eigenvalue weighted by atomic mass is 10.1. The first kappa shape index (κ1) is 13.9. The van der Waals surface area contributed by atoms with Crippen LogP contribution in [0.25, 0.3) is 10.2 Å². The minimum atomic E-state index is 0.545. The van der Waals surface area contributed by atoms with Gasteiger partial charge in [-0.25, -0.2) is 4.98 Å². The average Bonchev–Trinajstić information content (AvgIpc) is 2.81. The molecule has 0 saturated carbocycles. The second kappa shape index (κ2) is 6.18. The maximum absolute atomic E-state index is 4.66. The van der Waals surface area contributed by atoms with Crippen LogP contribution in [0.2, 0.25) is 0 Å². The van der Waals surface area contributed by atoms with Crippen molar-refractivity contribution in [2.45, 2.75) is 32.7 Å². The highest BCUT2D eigenvalue weighted by Crippen LogP contribution is 2.31. The molecule has 0 spiro atoms. The smallest absolute Gasteiger partial charge is 0.226 e. The van der Waals surface area contributed by atoms with Gasteiger partial charge in [0.1, 0.15) is 10.6 Å². The SMILES string of the molecule is CCNc1nc(NC2CCSCC2)c2cc(C)sc2n1. The zero-order chi connectivity index (χ0) is 13.9. The van der Waals surface area contributed by atoms with E-state index in [1.54, 1.807) is 11.3 Å². The predicted molar refractivity (Wildman–Crippen MR) is 90.3 cm³/mol. The summed E-state index contributed by atoms with van der Waals surface area (Å²) >= 11 is 3.78. The van der Waals surface area contributed by atoms with Crippen LogP contribution in [0.3, 0.4) is 0 Å². The summed E-state index contributed by atoms with van der Waals surface area (Å²) in [6.45, 7) is 5.04. The summed E-state index contributed by atoms with van der Waals surface area (Å²) in [4.78, 5) is 11.6. The minimum Gasteiger partial charge on any atom is -0.367 e. The number of anilines is 2. The van der Waals surface area contributed by atoms with Crippen LogP contribution in [0.1, 0.15) is 24.6 Å². The molecule has 0 aliphatic carbocycles. The van der Waals surface area contributed by atoms with Gasteiger partial charge in [-0.3, -0.25) is 0 Å². The van der Waals surface area contributed by atoms with Crippen molar-refractivity contribution in [1.82, 2.24) is 9.97 Å².